The number of hydrogen-bond acceptors (Lipinski definition) is 2. The molecule has 0 amide bonds. The molecule has 0 saturated carbocycles. The van der Waals surface area contributed by atoms with E-state index in [1.165, 1.54) is 0 Å². The van der Waals surface area contributed by atoms with Gasteiger partial charge in [-0.25, -0.2) is 8.78 Å². The van der Waals surface area contributed by atoms with Crippen molar-refractivity contribution < 1.29 is 18.3 Å². The maximum absolute atomic E-state index is 13.1. The summed E-state index contributed by atoms with van der Waals surface area (Å²) in [6.45, 7) is 0. The Labute approximate surface area is 84.4 Å². The third kappa shape index (κ3) is 2.20. The highest BCUT2D eigenvalue weighted by atomic mass is 35.5. The first-order valence-electron chi connectivity index (χ1n) is 3.73. The molecule has 0 N–H and O–H groups in total. The van der Waals surface area contributed by atoms with Crippen molar-refractivity contribution in [2.24, 2.45) is 0 Å². The van der Waals surface area contributed by atoms with Crippen molar-refractivity contribution in [1.82, 2.24) is 0 Å². The Bertz CT molecular complexity index is 355. The van der Waals surface area contributed by atoms with Crippen LogP contribution < -0.4 is 0 Å². The first-order chi connectivity index (χ1) is 6.56. The Balaban J connectivity index is 3.05. The average Bonchev–Trinajstić information content (AvgIpc) is 2.19. The summed E-state index contributed by atoms with van der Waals surface area (Å²) in [5, 5.41) is -1.32. The fraction of sp³-hybridized carbons (Fsp3) is 0.222. The third-order valence-electron chi connectivity index (χ3n) is 1.64. The molecule has 1 rings (SSSR count). The van der Waals surface area contributed by atoms with Gasteiger partial charge in [-0.05, 0) is 18.2 Å². The lowest BCUT2D eigenvalue weighted by Gasteiger charge is -2.08. The van der Waals surface area contributed by atoms with Crippen LogP contribution in [0.25, 0.3) is 0 Å². The van der Waals surface area contributed by atoms with Gasteiger partial charge in [-0.1, -0.05) is 0 Å². The molecule has 0 aliphatic heterocycles. The highest BCUT2D eigenvalue weighted by Crippen LogP contribution is 2.25. The van der Waals surface area contributed by atoms with E-state index in [0.717, 1.165) is 25.3 Å². The molecule has 5 heteroatoms. The number of carbonyl (C=O) groups excluding carboxylic acids is 1. The summed E-state index contributed by atoms with van der Waals surface area (Å²) in [5.74, 6) is -2.22. The topological polar surface area (TPSA) is 26.3 Å². The molecule has 1 aromatic rings. The van der Waals surface area contributed by atoms with Crippen molar-refractivity contribution in [1.29, 1.82) is 0 Å². The lowest BCUT2D eigenvalue weighted by atomic mass is 10.1. The molecule has 76 valence electrons. The first kappa shape index (κ1) is 10.9. The van der Waals surface area contributed by atoms with Gasteiger partial charge in [-0.15, -0.1) is 11.6 Å². The molecule has 0 fully saturated rings. The van der Waals surface area contributed by atoms with Crippen molar-refractivity contribution >= 4 is 17.6 Å². The van der Waals surface area contributed by atoms with Gasteiger partial charge in [-0.3, -0.25) is 4.79 Å². The largest absolute Gasteiger partial charge is 0.468 e. The van der Waals surface area contributed by atoms with E-state index in [0.29, 0.717) is 0 Å². The Hall–Kier alpha value is -1.16. The number of carbonyl (C=O) groups is 1. The van der Waals surface area contributed by atoms with Crippen LogP contribution >= 0.6 is 11.6 Å². The van der Waals surface area contributed by atoms with Gasteiger partial charge in [0.1, 0.15) is 11.6 Å². The summed E-state index contributed by atoms with van der Waals surface area (Å²) in [5.41, 5.74) is -0.224. The van der Waals surface area contributed by atoms with E-state index in [4.69, 9.17) is 11.6 Å². The van der Waals surface area contributed by atoms with Gasteiger partial charge in [0.2, 0.25) is 0 Å². The zero-order chi connectivity index (χ0) is 10.7. The lowest BCUT2D eigenvalue weighted by Crippen LogP contribution is -2.10. The second-order valence-corrected chi connectivity index (χ2v) is 2.99. The van der Waals surface area contributed by atoms with Crippen LogP contribution in [0.3, 0.4) is 0 Å². The van der Waals surface area contributed by atoms with E-state index >= 15 is 0 Å². The summed E-state index contributed by atoms with van der Waals surface area (Å²) in [6, 6.07) is 2.71. The molecule has 0 spiro atoms. The number of rotatable bonds is 2. The number of methoxy groups -OCH3 is 1. The quantitative estimate of drug-likeness (QED) is 0.565. The third-order valence-corrected chi connectivity index (χ3v) is 2.05. The molecule has 0 bridgehead atoms. The summed E-state index contributed by atoms with van der Waals surface area (Å²) < 4.78 is 30.1. The van der Waals surface area contributed by atoms with Crippen LogP contribution in [0.5, 0.6) is 0 Å². The van der Waals surface area contributed by atoms with Crippen molar-refractivity contribution in [2.75, 3.05) is 7.11 Å². The molecule has 1 atom stereocenters. The maximum atomic E-state index is 13.1. The summed E-state index contributed by atoms with van der Waals surface area (Å²) >= 11 is 5.55. The minimum Gasteiger partial charge on any atom is -0.468 e. The van der Waals surface area contributed by atoms with Crippen LogP contribution in [0.2, 0.25) is 0 Å². The molecule has 0 heterocycles. The monoisotopic (exact) mass is 220 g/mol. The summed E-state index contributed by atoms with van der Waals surface area (Å²) in [4.78, 5) is 10.9. The zero-order valence-electron chi connectivity index (χ0n) is 7.26. The minimum atomic E-state index is -1.32. The van der Waals surface area contributed by atoms with E-state index in [1.807, 2.05) is 0 Å². The van der Waals surface area contributed by atoms with Crippen LogP contribution in [-0.2, 0) is 9.53 Å². The maximum Gasteiger partial charge on any atom is 0.328 e. The zero-order valence-corrected chi connectivity index (χ0v) is 8.02. The van der Waals surface area contributed by atoms with E-state index in [2.05, 4.69) is 4.74 Å². The van der Waals surface area contributed by atoms with Gasteiger partial charge in [0.25, 0.3) is 0 Å². The Morgan fingerprint density at radius 3 is 2.71 bits per heavy atom. The number of esters is 1. The number of halogens is 3. The van der Waals surface area contributed by atoms with Crippen LogP contribution in [-0.4, -0.2) is 13.1 Å². The smallest absolute Gasteiger partial charge is 0.328 e. The molecule has 0 aliphatic rings. The fourth-order valence-corrected chi connectivity index (χ4v) is 1.20. The second-order valence-electron chi connectivity index (χ2n) is 2.55. The standard InChI is InChI=1S/C9H7ClF2O2/c1-14-9(13)8(10)6-4-5(11)2-3-7(6)12/h2-4,8H,1H3/t8-/m1/s1. The molecule has 1 aromatic carbocycles. The summed E-state index contributed by atoms with van der Waals surface area (Å²) in [7, 11) is 1.12. The second kappa shape index (κ2) is 4.37. The van der Waals surface area contributed by atoms with Gasteiger partial charge in [0, 0.05) is 5.56 Å². The van der Waals surface area contributed by atoms with Gasteiger partial charge < -0.3 is 4.74 Å². The normalized spacial score (nSPS) is 12.3. The van der Waals surface area contributed by atoms with Crippen LogP contribution in [0, 0.1) is 11.6 Å². The highest BCUT2D eigenvalue weighted by Gasteiger charge is 2.22. The van der Waals surface area contributed by atoms with Crippen molar-refractivity contribution in [3.63, 3.8) is 0 Å². The van der Waals surface area contributed by atoms with Gasteiger partial charge >= 0.3 is 5.97 Å². The Morgan fingerprint density at radius 1 is 1.50 bits per heavy atom. The van der Waals surface area contributed by atoms with Gasteiger partial charge in [0.15, 0.2) is 5.38 Å². The molecular weight excluding hydrogens is 214 g/mol. The van der Waals surface area contributed by atoms with Gasteiger partial charge in [-0.2, -0.15) is 0 Å². The van der Waals surface area contributed by atoms with E-state index in [1.54, 1.807) is 0 Å². The van der Waals surface area contributed by atoms with Crippen molar-refractivity contribution in [3.05, 3.63) is 35.4 Å². The average molecular weight is 221 g/mol. The number of hydrogen-bond donors (Lipinski definition) is 0. The molecular formula is C9H7ClF2O2. The Morgan fingerprint density at radius 2 is 2.14 bits per heavy atom. The number of benzene rings is 1. The lowest BCUT2D eigenvalue weighted by molar-refractivity contribution is -0.140. The predicted molar refractivity (Wildman–Crippen MR) is 47.0 cm³/mol. The SMILES string of the molecule is COC(=O)[C@H](Cl)c1cc(F)ccc1F. The molecule has 0 aliphatic carbocycles. The minimum absolute atomic E-state index is 0.224. The van der Waals surface area contributed by atoms with E-state index in [9.17, 15) is 13.6 Å². The molecule has 0 aromatic heterocycles. The van der Waals surface area contributed by atoms with Crippen LogP contribution in [0.15, 0.2) is 18.2 Å². The molecule has 0 unspecified atom stereocenters. The van der Waals surface area contributed by atoms with E-state index < -0.39 is 23.0 Å². The number of alkyl halides is 1. The van der Waals surface area contributed by atoms with Crippen molar-refractivity contribution in [3.8, 4) is 0 Å². The van der Waals surface area contributed by atoms with Crippen molar-refractivity contribution in [2.45, 2.75) is 5.38 Å². The number of ether oxygens (including phenoxy) is 1. The predicted octanol–water partition coefficient (Wildman–Crippen LogP) is 2.42. The fourth-order valence-electron chi connectivity index (χ4n) is 0.939. The highest BCUT2D eigenvalue weighted by molar-refractivity contribution is 6.29. The van der Waals surface area contributed by atoms with Gasteiger partial charge in [0.05, 0.1) is 7.11 Å². The van der Waals surface area contributed by atoms with Crippen LogP contribution in [0.4, 0.5) is 8.78 Å². The Kier molecular flexibility index (Phi) is 3.41. The molecule has 0 saturated heterocycles. The summed E-state index contributed by atoms with van der Waals surface area (Å²) in [6.07, 6.45) is 0. The molecule has 14 heavy (non-hydrogen) atoms. The molecule has 0 radical (unpaired) electrons. The van der Waals surface area contributed by atoms with E-state index in [-0.39, 0.29) is 5.56 Å². The first-order valence-corrected chi connectivity index (χ1v) is 4.16. The molecule has 2 nitrogen and oxygen atoms in total. The van der Waals surface area contributed by atoms with Crippen LogP contribution in [0.1, 0.15) is 10.9 Å².